The van der Waals surface area contributed by atoms with Gasteiger partial charge in [0.2, 0.25) is 0 Å². The molecule has 2 N–H and O–H groups in total. The molecule has 0 radical (unpaired) electrons. The van der Waals surface area contributed by atoms with E-state index in [1.807, 2.05) is 4.68 Å². The molecule has 0 unspecified atom stereocenters. The van der Waals surface area contributed by atoms with Crippen molar-refractivity contribution in [1.29, 1.82) is 0 Å². The molecule has 9 heteroatoms. The summed E-state index contributed by atoms with van der Waals surface area (Å²) in [6, 6.07) is 3.92. The van der Waals surface area contributed by atoms with Crippen molar-refractivity contribution in [2.24, 2.45) is 5.92 Å². The Labute approximate surface area is 154 Å². The van der Waals surface area contributed by atoms with Crippen LogP contribution in [0.3, 0.4) is 0 Å². The topological polar surface area (TPSA) is 104 Å². The Hall–Kier alpha value is -1.71. The van der Waals surface area contributed by atoms with Gasteiger partial charge in [-0.05, 0) is 24.5 Å². The highest BCUT2D eigenvalue weighted by atomic mass is 32.2. The van der Waals surface area contributed by atoms with Crippen LogP contribution < -0.4 is 0 Å². The van der Waals surface area contributed by atoms with E-state index >= 15 is 0 Å². The predicted octanol–water partition coefficient (Wildman–Crippen LogP) is 0.898. The predicted molar refractivity (Wildman–Crippen MR) is 98.1 cm³/mol. The molecule has 0 aliphatic carbocycles. The number of aliphatic hydroxyl groups excluding tert-OH is 1. The summed E-state index contributed by atoms with van der Waals surface area (Å²) in [5.74, 6) is 0.271. The molecule has 3 rings (SSSR count). The van der Waals surface area contributed by atoms with E-state index in [-0.39, 0.29) is 5.75 Å². The molecule has 0 aromatic carbocycles. The number of sulfone groups is 1. The van der Waals surface area contributed by atoms with E-state index in [9.17, 15) is 13.5 Å². The minimum Gasteiger partial charge on any atom is -0.386 e. The van der Waals surface area contributed by atoms with E-state index < -0.39 is 15.9 Å². The average molecular weight is 382 g/mol. The number of hydrogen-bond donors (Lipinski definition) is 2. The van der Waals surface area contributed by atoms with Crippen LogP contribution in [0.5, 0.6) is 0 Å². The zero-order valence-corrected chi connectivity index (χ0v) is 16.3. The molecule has 0 bridgehead atoms. The lowest BCUT2D eigenvalue weighted by Crippen LogP contribution is -2.33. The molecule has 2 aromatic rings. The van der Waals surface area contributed by atoms with Gasteiger partial charge in [-0.3, -0.25) is 14.7 Å². The lowest BCUT2D eigenvalue weighted by atomic mass is 10.1. The second-order valence-corrected chi connectivity index (χ2v) is 9.77. The summed E-state index contributed by atoms with van der Waals surface area (Å²) < 4.78 is 24.6. The summed E-state index contributed by atoms with van der Waals surface area (Å²) in [5.41, 5.74) is 3.59. The van der Waals surface area contributed by atoms with Crippen molar-refractivity contribution in [1.82, 2.24) is 24.9 Å². The SMILES string of the molecule is CC(C)Cc1cc(CN2CCn3nc([C@H](O)CS(C)(=O)=O)cc3C2)[nH]n1. The Bertz CT molecular complexity index is 856. The van der Waals surface area contributed by atoms with Gasteiger partial charge >= 0.3 is 0 Å². The number of nitrogens with zero attached hydrogens (tertiary/aromatic N) is 4. The van der Waals surface area contributed by atoms with Gasteiger partial charge in [0.05, 0.1) is 29.4 Å². The first kappa shape index (κ1) is 19.1. The summed E-state index contributed by atoms with van der Waals surface area (Å²) >= 11 is 0. The van der Waals surface area contributed by atoms with E-state index in [2.05, 4.69) is 40.1 Å². The van der Waals surface area contributed by atoms with E-state index in [0.717, 1.165) is 42.8 Å². The monoisotopic (exact) mass is 381 g/mol. The van der Waals surface area contributed by atoms with E-state index in [1.165, 1.54) is 0 Å². The molecular weight excluding hydrogens is 354 g/mol. The van der Waals surface area contributed by atoms with Crippen LogP contribution in [-0.4, -0.2) is 57.0 Å². The third-order valence-corrected chi connectivity index (χ3v) is 5.31. The Kier molecular flexibility index (Phi) is 5.50. The average Bonchev–Trinajstić information content (AvgIpc) is 3.11. The molecule has 2 aromatic heterocycles. The van der Waals surface area contributed by atoms with E-state index in [0.29, 0.717) is 24.7 Å². The fourth-order valence-electron chi connectivity index (χ4n) is 3.27. The Morgan fingerprint density at radius 2 is 2.08 bits per heavy atom. The van der Waals surface area contributed by atoms with Crippen molar-refractivity contribution in [3.8, 4) is 0 Å². The maximum Gasteiger partial charge on any atom is 0.150 e. The van der Waals surface area contributed by atoms with Gasteiger partial charge in [0, 0.05) is 31.6 Å². The van der Waals surface area contributed by atoms with Gasteiger partial charge in [0.1, 0.15) is 15.9 Å². The number of hydrogen-bond acceptors (Lipinski definition) is 6. The number of fused-ring (bicyclic) bond motifs is 1. The quantitative estimate of drug-likeness (QED) is 0.738. The van der Waals surface area contributed by atoms with Crippen molar-refractivity contribution in [2.45, 2.75) is 46.0 Å². The number of aromatic amines is 1. The van der Waals surface area contributed by atoms with Crippen LogP contribution in [-0.2, 0) is 35.9 Å². The van der Waals surface area contributed by atoms with Crippen LogP contribution in [0.1, 0.15) is 42.7 Å². The third kappa shape index (κ3) is 4.93. The van der Waals surface area contributed by atoms with Gasteiger partial charge in [-0.15, -0.1) is 0 Å². The van der Waals surface area contributed by atoms with Crippen molar-refractivity contribution in [2.75, 3.05) is 18.6 Å². The maximum atomic E-state index is 11.4. The highest BCUT2D eigenvalue weighted by Crippen LogP contribution is 2.20. The summed E-state index contributed by atoms with van der Waals surface area (Å²) in [4.78, 5) is 2.29. The Balaban J connectivity index is 1.63. The first-order valence-corrected chi connectivity index (χ1v) is 10.9. The Morgan fingerprint density at radius 1 is 1.31 bits per heavy atom. The minimum absolute atomic E-state index is 0.306. The number of nitrogens with one attached hydrogen (secondary N) is 1. The van der Waals surface area contributed by atoms with Crippen LogP contribution in [0.2, 0.25) is 0 Å². The summed E-state index contributed by atoms with van der Waals surface area (Å²) in [7, 11) is -3.25. The van der Waals surface area contributed by atoms with E-state index in [1.54, 1.807) is 6.07 Å². The number of rotatable bonds is 7. The molecule has 0 spiro atoms. The smallest absolute Gasteiger partial charge is 0.150 e. The highest BCUT2D eigenvalue weighted by molar-refractivity contribution is 7.90. The fraction of sp³-hybridized carbons (Fsp3) is 0.647. The summed E-state index contributed by atoms with van der Waals surface area (Å²) in [6.07, 6.45) is 0.999. The van der Waals surface area contributed by atoms with Gasteiger partial charge in [-0.1, -0.05) is 13.8 Å². The molecule has 1 atom stereocenters. The molecule has 0 fully saturated rings. The molecule has 0 amide bonds. The molecule has 0 saturated carbocycles. The van der Waals surface area contributed by atoms with Gasteiger partial charge in [-0.2, -0.15) is 10.2 Å². The second-order valence-electron chi connectivity index (χ2n) is 7.59. The van der Waals surface area contributed by atoms with Crippen LogP contribution in [0.15, 0.2) is 12.1 Å². The second kappa shape index (κ2) is 7.50. The minimum atomic E-state index is -3.25. The number of aromatic nitrogens is 4. The third-order valence-electron chi connectivity index (χ3n) is 4.39. The molecule has 144 valence electrons. The largest absolute Gasteiger partial charge is 0.386 e. The standard InChI is InChI=1S/C17H27N5O3S/c1-12(2)6-13-7-14(19-18-13)9-21-4-5-22-15(10-21)8-16(20-22)17(23)11-26(3,24)25/h7-8,12,17,23H,4-6,9-11H2,1-3H3,(H,18,19)/t17-/m1/s1. The van der Waals surface area contributed by atoms with Crippen molar-refractivity contribution in [3.05, 3.63) is 34.9 Å². The van der Waals surface area contributed by atoms with Crippen LogP contribution in [0.4, 0.5) is 0 Å². The van der Waals surface area contributed by atoms with Crippen molar-refractivity contribution >= 4 is 9.84 Å². The number of H-pyrrole nitrogens is 1. The van der Waals surface area contributed by atoms with E-state index in [4.69, 9.17) is 0 Å². The lowest BCUT2D eigenvalue weighted by Gasteiger charge is -2.26. The molecule has 8 nitrogen and oxygen atoms in total. The molecule has 1 aliphatic rings. The van der Waals surface area contributed by atoms with Crippen molar-refractivity contribution < 1.29 is 13.5 Å². The van der Waals surface area contributed by atoms with Crippen LogP contribution in [0.25, 0.3) is 0 Å². The van der Waals surface area contributed by atoms with Gasteiger partial charge < -0.3 is 5.11 Å². The molecular formula is C17H27N5O3S. The molecule has 1 aliphatic heterocycles. The van der Waals surface area contributed by atoms with Crippen LogP contribution in [0, 0.1) is 5.92 Å². The Morgan fingerprint density at radius 3 is 2.77 bits per heavy atom. The highest BCUT2D eigenvalue weighted by Gasteiger charge is 2.23. The first-order chi connectivity index (χ1) is 12.2. The normalized spacial score (nSPS) is 16.8. The van der Waals surface area contributed by atoms with Gasteiger partial charge in [-0.25, -0.2) is 8.42 Å². The summed E-state index contributed by atoms with van der Waals surface area (Å²) in [5, 5.41) is 21.9. The van der Waals surface area contributed by atoms with Crippen molar-refractivity contribution in [3.63, 3.8) is 0 Å². The zero-order valence-electron chi connectivity index (χ0n) is 15.5. The molecule has 0 saturated heterocycles. The zero-order chi connectivity index (χ0) is 18.9. The van der Waals surface area contributed by atoms with Crippen LogP contribution >= 0.6 is 0 Å². The molecule has 3 heterocycles. The molecule has 26 heavy (non-hydrogen) atoms. The maximum absolute atomic E-state index is 11.4. The lowest BCUT2D eigenvalue weighted by molar-refractivity contribution is 0.190. The first-order valence-electron chi connectivity index (χ1n) is 8.87. The van der Waals surface area contributed by atoms with Gasteiger partial charge in [0.15, 0.2) is 0 Å². The van der Waals surface area contributed by atoms with Gasteiger partial charge in [0.25, 0.3) is 0 Å². The fourth-order valence-corrected chi connectivity index (χ4v) is 4.01. The number of aliphatic hydroxyl groups is 1. The summed E-state index contributed by atoms with van der Waals surface area (Å²) in [6.45, 7) is 7.39.